The molecule has 1 heterocycles. The van der Waals surface area contributed by atoms with Crippen LogP contribution in [0.3, 0.4) is 0 Å². The van der Waals surface area contributed by atoms with Crippen LogP contribution in [-0.2, 0) is 20.4 Å². The molecular formula is C18H22F3NO4. The van der Waals surface area contributed by atoms with Crippen LogP contribution in [0.4, 0.5) is 13.2 Å². The molecule has 1 aliphatic rings. The summed E-state index contributed by atoms with van der Waals surface area (Å²) in [6.07, 6.45) is -2.87. The van der Waals surface area contributed by atoms with Gasteiger partial charge in [0.1, 0.15) is 0 Å². The van der Waals surface area contributed by atoms with Crippen LogP contribution in [0.25, 0.3) is 0 Å². The van der Waals surface area contributed by atoms with Gasteiger partial charge >= 0.3 is 12.1 Å². The number of carbonyl (C=O) groups is 2. The number of esters is 1. The quantitative estimate of drug-likeness (QED) is 0.689. The van der Waals surface area contributed by atoms with Gasteiger partial charge in [-0.2, -0.15) is 13.2 Å². The van der Waals surface area contributed by atoms with E-state index in [1.54, 1.807) is 6.92 Å². The van der Waals surface area contributed by atoms with E-state index < -0.39 is 23.6 Å². The molecule has 2 rings (SSSR count). The summed E-state index contributed by atoms with van der Waals surface area (Å²) in [7, 11) is 0. The van der Waals surface area contributed by atoms with E-state index in [1.165, 1.54) is 4.90 Å². The monoisotopic (exact) mass is 373 g/mol. The molecular weight excluding hydrogens is 351 g/mol. The standard InChI is InChI=1S/C18H22F3NO4/c1-2-25-16(23)9-10-22(12-15-4-3-11-26-15)17(24)13-5-7-14(8-6-13)18(19,20)21/h5-8,15H,2-4,9-12H2,1H3. The fraction of sp³-hybridized carbons (Fsp3) is 0.556. The molecule has 0 aromatic heterocycles. The van der Waals surface area contributed by atoms with Crippen LogP contribution in [0.15, 0.2) is 24.3 Å². The summed E-state index contributed by atoms with van der Waals surface area (Å²) in [5.41, 5.74) is -0.675. The summed E-state index contributed by atoms with van der Waals surface area (Å²) in [6.45, 7) is 2.97. The summed E-state index contributed by atoms with van der Waals surface area (Å²) in [5.74, 6) is -0.858. The lowest BCUT2D eigenvalue weighted by molar-refractivity contribution is -0.143. The number of nitrogens with zero attached hydrogens (tertiary/aromatic N) is 1. The predicted octanol–water partition coefficient (Wildman–Crippen LogP) is 3.28. The van der Waals surface area contributed by atoms with Gasteiger partial charge in [0, 0.05) is 25.3 Å². The average Bonchev–Trinajstić information content (AvgIpc) is 3.10. The van der Waals surface area contributed by atoms with Gasteiger partial charge in [0.15, 0.2) is 0 Å². The van der Waals surface area contributed by atoms with Gasteiger partial charge in [-0.25, -0.2) is 0 Å². The topological polar surface area (TPSA) is 55.8 Å². The summed E-state index contributed by atoms with van der Waals surface area (Å²) in [6, 6.07) is 4.06. The maximum Gasteiger partial charge on any atom is 0.416 e. The molecule has 0 bridgehead atoms. The zero-order valence-electron chi connectivity index (χ0n) is 14.6. The molecule has 1 aromatic carbocycles. The molecule has 0 N–H and O–H groups in total. The number of halogens is 3. The SMILES string of the molecule is CCOC(=O)CCN(CC1CCCO1)C(=O)c1ccc(C(F)(F)F)cc1. The van der Waals surface area contributed by atoms with E-state index in [4.69, 9.17) is 9.47 Å². The first kappa shape index (κ1) is 20.2. The number of hydrogen-bond acceptors (Lipinski definition) is 4. The molecule has 1 saturated heterocycles. The Labute approximate surface area is 150 Å². The first-order valence-electron chi connectivity index (χ1n) is 8.55. The number of alkyl halides is 3. The largest absolute Gasteiger partial charge is 0.466 e. The molecule has 5 nitrogen and oxygen atoms in total. The van der Waals surface area contributed by atoms with Crippen molar-refractivity contribution in [3.8, 4) is 0 Å². The Morgan fingerprint density at radius 1 is 1.27 bits per heavy atom. The molecule has 0 aliphatic carbocycles. The molecule has 1 unspecified atom stereocenters. The third-order valence-corrected chi connectivity index (χ3v) is 4.09. The van der Waals surface area contributed by atoms with Crippen molar-refractivity contribution in [3.05, 3.63) is 35.4 Å². The van der Waals surface area contributed by atoms with E-state index in [0.717, 1.165) is 37.1 Å². The van der Waals surface area contributed by atoms with E-state index in [9.17, 15) is 22.8 Å². The van der Waals surface area contributed by atoms with Crippen molar-refractivity contribution < 1.29 is 32.2 Å². The van der Waals surface area contributed by atoms with Crippen molar-refractivity contribution >= 4 is 11.9 Å². The highest BCUT2D eigenvalue weighted by atomic mass is 19.4. The highest BCUT2D eigenvalue weighted by Gasteiger charge is 2.31. The van der Waals surface area contributed by atoms with Gasteiger partial charge < -0.3 is 14.4 Å². The Balaban J connectivity index is 2.08. The van der Waals surface area contributed by atoms with E-state index in [1.807, 2.05) is 0 Å². The Bertz CT molecular complexity index is 610. The first-order chi connectivity index (χ1) is 12.3. The second-order valence-electron chi connectivity index (χ2n) is 6.02. The Hall–Kier alpha value is -2.09. The van der Waals surface area contributed by atoms with Gasteiger partial charge in [0.25, 0.3) is 5.91 Å². The highest BCUT2D eigenvalue weighted by molar-refractivity contribution is 5.94. The van der Waals surface area contributed by atoms with Gasteiger partial charge in [0.05, 0.1) is 24.7 Å². The number of ether oxygens (including phenoxy) is 2. The van der Waals surface area contributed by atoms with Crippen LogP contribution in [0, 0.1) is 0 Å². The van der Waals surface area contributed by atoms with Gasteiger partial charge in [-0.3, -0.25) is 9.59 Å². The number of hydrogen-bond donors (Lipinski definition) is 0. The maximum absolute atomic E-state index is 12.7. The number of amides is 1. The Morgan fingerprint density at radius 3 is 2.50 bits per heavy atom. The molecule has 1 amide bonds. The smallest absolute Gasteiger partial charge is 0.416 e. The number of rotatable bonds is 7. The van der Waals surface area contributed by atoms with Crippen LogP contribution in [0.5, 0.6) is 0 Å². The van der Waals surface area contributed by atoms with Gasteiger partial charge in [-0.05, 0) is 44.0 Å². The maximum atomic E-state index is 12.7. The number of benzene rings is 1. The second-order valence-corrected chi connectivity index (χ2v) is 6.02. The molecule has 144 valence electrons. The summed E-state index contributed by atoms with van der Waals surface area (Å²) in [5, 5.41) is 0. The van der Waals surface area contributed by atoms with Crippen LogP contribution in [0.1, 0.15) is 42.1 Å². The Kier molecular flexibility index (Phi) is 7.02. The minimum atomic E-state index is -4.46. The van der Waals surface area contributed by atoms with Crippen molar-refractivity contribution in [2.45, 2.75) is 38.5 Å². The van der Waals surface area contributed by atoms with E-state index >= 15 is 0 Å². The van der Waals surface area contributed by atoms with Crippen molar-refractivity contribution in [3.63, 3.8) is 0 Å². The third kappa shape index (κ3) is 5.72. The van der Waals surface area contributed by atoms with Crippen molar-refractivity contribution in [2.75, 3.05) is 26.3 Å². The lowest BCUT2D eigenvalue weighted by atomic mass is 10.1. The normalized spacial score (nSPS) is 17.2. The van der Waals surface area contributed by atoms with E-state index in [-0.39, 0.29) is 31.2 Å². The highest BCUT2D eigenvalue weighted by Crippen LogP contribution is 2.29. The van der Waals surface area contributed by atoms with E-state index in [2.05, 4.69) is 0 Å². The van der Waals surface area contributed by atoms with Gasteiger partial charge in [0.2, 0.25) is 0 Å². The van der Waals surface area contributed by atoms with Crippen LogP contribution in [-0.4, -0.2) is 49.2 Å². The first-order valence-corrected chi connectivity index (χ1v) is 8.55. The molecule has 1 aliphatic heterocycles. The van der Waals surface area contributed by atoms with E-state index in [0.29, 0.717) is 13.2 Å². The molecule has 0 saturated carbocycles. The lowest BCUT2D eigenvalue weighted by Gasteiger charge is -2.25. The molecule has 0 spiro atoms. The van der Waals surface area contributed by atoms with Crippen molar-refractivity contribution in [1.82, 2.24) is 4.90 Å². The van der Waals surface area contributed by atoms with Crippen LogP contribution in [0.2, 0.25) is 0 Å². The van der Waals surface area contributed by atoms with Crippen LogP contribution >= 0.6 is 0 Å². The number of carbonyl (C=O) groups excluding carboxylic acids is 2. The molecule has 0 radical (unpaired) electrons. The molecule has 1 aromatic rings. The van der Waals surface area contributed by atoms with Crippen molar-refractivity contribution in [2.24, 2.45) is 0 Å². The summed E-state index contributed by atoms with van der Waals surface area (Å²) in [4.78, 5) is 25.7. The minimum Gasteiger partial charge on any atom is -0.466 e. The molecule has 1 atom stereocenters. The molecule has 8 heteroatoms. The van der Waals surface area contributed by atoms with Gasteiger partial charge in [-0.1, -0.05) is 0 Å². The lowest BCUT2D eigenvalue weighted by Crippen LogP contribution is -2.39. The van der Waals surface area contributed by atoms with Crippen LogP contribution < -0.4 is 0 Å². The fourth-order valence-corrected chi connectivity index (χ4v) is 2.75. The minimum absolute atomic E-state index is 0.0208. The van der Waals surface area contributed by atoms with Crippen molar-refractivity contribution in [1.29, 1.82) is 0 Å². The summed E-state index contributed by atoms with van der Waals surface area (Å²) < 4.78 is 48.4. The zero-order chi connectivity index (χ0) is 19.2. The zero-order valence-corrected chi connectivity index (χ0v) is 14.6. The molecule has 1 fully saturated rings. The van der Waals surface area contributed by atoms with Gasteiger partial charge in [-0.15, -0.1) is 0 Å². The summed E-state index contributed by atoms with van der Waals surface area (Å²) >= 11 is 0. The third-order valence-electron chi connectivity index (χ3n) is 4.09. The average molecular weight is 373 g/mol. The Morgan fingerprint density at radius 2 is 1.96 bits per heavy atom. The predicted molar refractivity (Wildman–Crippen MR) is 87.6 cm³/mol. The molecule has 26 heavy (non-hydrogen) atoms. The fourth-order valence-electron chi connectivity index (χ4n) is 2.75. The second kappa shape index (κ2) is 9.02.